The molecule has 0 spiro atoms. The lowest BCUT2D eigenvalue weighted by Crippen LogP contribution is -2.42. The fourth-order valence-corrected chi connectivity index (χ4v) is 3.33. The molecule has 0 bridgehead atoms. The molecular formula is C12H20N2O4S. The number of nitrogens with zero attached hydrogens (tertiary/aromatic N) is 1. The third kappa shape index (κ3) is 5.47. The molecule has 6 nitrogen and oxygen atoms in total. The zero-order valence-electron chi connectivity index (χ0n) is 11.5. The second kappa shape index (κ2) is 5.78. The van der Waals surface area contributed by atoms with Gasteiger partial charge in [-0.15, -0.1) is 0 Å². The molecule has 1 heterocycles. The van der Waals surface area contributed by atoms with Gasteiger partial charge in [0.05, 0.1) is 23.5 Å². The number of nitrogens with one attached hydrogen (secondary N) is 1. The summed E-state index contributed by atoms with van der Waals surface area (Å²) in [5.74, 6) is -0.506. The molecule has 1 saturated heterocycles. The van der Waals surface area contributed by atoms with Crippen LogP contribution in [0.4, 0.5) is 4.79 Å². The van der Waals surface area contributed by atoms with Crippen molar-refractivity contribution < 1.29 is 17.9 Å². The lowest BCUT2D eigenvalue weighted by molar-refractivity contribution is 0.0492. The molecule has 1 rings (SSSR count). The maximum atomic E-state index is 11.7. The molecule has 108 valence electrons. The summed E-state index contributed by atoms with van der Waals surface area (Å²) < 4.78 is 28.2. The third-order valence-corrected chi connectivity index (χ3v) is 4.55. The van der Waals surface area contributed by atoms with Crippen LogP contribution in [0.2, 0.25) is 0 Å². The number of hydrogen-bond acceptors (Lipinski definition) is 5. The van der Waals surface area contributed by atoms with Gasteiger partial charge >= 0.3 is 6.09 Å². The second-order valence-corrected chi connectivity index (χ2v) is 8.02. The number of sulfone groups is 1. The van der Waals surface area contributed by atoms with Gasteiger partial charge in [-0.1, -0.05) is 0 Å². The minimum Gasteiger partial charge on any atom is -0.444 e. The predicted octanol–water partition coefficient (Wildman–Crippen LogP) is 1.23. The van der Waals surface area contributed by atoms with E-state index < -0.39 is 33.5 Å². The molecule has 0 saturated carbocycles. The fourth-order valence-electron chi connectivity index (χ4n) is 1.90. The van der Waals surface area contributed by atoms with Gasteiger partial charge in [-0.3, -0.25) is 0 Å². The van der Waals surface area contributed by atoms with Crippen LogP contribution >= 0.6 is 0 Å². The van der Waals surface area contributed by atoms with E-state index in [0.29, 0.717) is 0 Å². The Kier molecular flexibility index (Phi) is 4.80. The highest BCUT2D eigenvalue weighted by Gasteiger charge is 2.31. The average molecular weight is 288 g/mol. The summed E-state index contributed by atoms with van der Waals surface area (Å²) in [6, 6.07) is 1.59. The number of carbonyl (C=O) groups is 1. The van der Waals surface area contributed by atoms with Gasteiger partial charge < -0.3 is 10.1 Å². The van der Waals surface area contributed by atoms with E-state index in [0.717, 1.165) is 0 Å². The van der Waals surface area contributed by atoms with Crippen molar-refractivity contribution in [1.29, 1.82) is 5.26 Å². The van der Waals surface area contributed by atoms with Gasteiger partial charge in [0, 0.05) is 6.04 Å². The summed E-state index contributed by atoms with van der Waals surface area (Å²) in [6.07, 6.45) is -0.115. The van der Waals surface area contributed by atoms with Crippen molar-refractivity contribution >= 4 is 15.9 Å². The number of nitriles is 1. The molecule has 0 radical (unpaired) electrons. The Hall–Kier alpha value is -1.29. The van der Waals surface area contributed by atoms with Crippen molar-refractivity contribution in [3.8, 4) is 6.07 Å². The normalized spacial score (nSPS) is 26.8. The highest BCUT2D eigenvalue weighted by Crippen LogP contribution is 2.19. The largest absolute Gasteiger partial charge is 0.444 e. The number of hydrogen-bond donors (Lipinski definition) is 1. The molecule has 2 atom stereocenters. The molecule has 0 aromatic rings. The molecule has 0 aliphatic carbocycles. The van der Waals surface area contributed by atoms with Crippen molar-refractivity contribution in [2.45, 2.75) is 45.3 Å². The first-order chi connectivity index (χ1) is 8.63. The smallest absolute Gasteiger partial charge is 0.407 e. The summed E-state index contributed by atoms with van der Waals surface area (Å²) in [6.45, 7) is 5.23. The van der Waals surface area contributed by atoms with E-state index in [9.17, 15) is 13.2 Å². The standard InChI is InChI=1S/C12H20N2O4S/c1-12(2,3)18-11(15)14-10-5-7-19(16,17)6-4-9(10)8-13/h9-10H,4-7H2,1-3H3,(H,14,15)/t9-,10+/m0/s1. The van der Waals surface area contributed by atoms with Crippen LogP contribution in [0.15, 0.2) is 0 Å². The van der Waals surface area contributed by atoms with Gasteiger partial charge in [0.25, 0.3) is 0 Å². The minimum absolute atomic E-state index is 0.00226. The molecule has 7 heteroatoms. The van der Waals surface area contributed by atoms with E-state index in [1.165, 1.54) is 0 Å². The summed E-state index contributed by atoms with van der Waals surface area (Å²) >= 11 is 0. The van der Waals surface area contributed by atoms with E-state index in [1.807, 2.05) is 0 Å². The zero-order chi connectivity index (χ0) is 14.7. The van der Waals surface area contributed by atoms with Gasteiger partial charge in [-0.2, -0.15) is 5.26 Å². The van der Waals surface area contributed by atoms with E-state index in [1.54, 1.807) is 20.8 Å². The Labute approximate surface area is 114 Å². The zero-order valence-corrected chi connectivity index (χ0v) is 12.3. The first kappa shape index (κ1) is 15.8. The van der Waals surface area contributed by atoms with Crippen LogP contribution in [0.1, 0.15) is 33.6 Å². The van der Waals surface area contributed by atoms with Crippen LogP contribution in [-0.4, -0.2) is 37.7 Å². The Morgan fingerprint density at radius 2 is 1.89 bits per heavy atom. The van der Waals surface area contributed by atoms with Gasteiger partial charge in [-0.05, 0) is 33.6 Å². The molecule has 0 aromatic heterocycles. The number of alkyl carbamates (subject to hydrolysis) is 1. The molecule has 1 aliphatic rings. The molecule has 19 heavy (non-hydrogen) atoms. The molecule has 0 aromatic carbocycles. The Morgan fingerprint density at radius 3 is 2.42 bits per heavy atom. The summed E-state index contributed by atoms with van der Waals surface area (Å²) in [5, 5.41) is 11.7. The van der Waals surface area contributed by atoms with E-state index in [2.05, 4.69) is 11.4 Å². The summed E-state index contributed by atoms with van der Waals surface area (Å²) in [7, 11) is -3.11. The summed E-state index contributed by atoms with van der Waals surface area (Å²) in [4.78, 5) is 11.7. The van der Waals surface area contributed by atoms with E-state index in [-0.39, 0.29) is 24.3 Å². The predicted molar refractivity (Wildman–Crippen MR) is 70.1 cm³/mol. The van der Waals surface area contributed by atoms with Gasteiger partial charge in [0.2, 0.25) is 0 Å². The maximum Gasteiger partial charge on any atom is 0.407 e. The SMILES string of the molecule is CC(C)(C)OC(=O)N[C@@H]1CCS(=O)(=O)CC[C@H]1C#N. The second-order valence-electron chi connectivity index (χ2n) is 5.72. The molecular weight excluding hydrogens is 268 g/mol. The average Bonchev–Trinajstić information content (AvgIpc) is 2.36. The van der Waals surface area contributed by atoms with E-state index >= 15 is 0 Å². The van der Waals surface area contributed by atoms with Crippen molar-refractivity contribution in [2.24, 2.45) is 5.92 Å². The molecule has 1 fully saturated rings. The Balaban J connectivity index is 2.70. The first-order valence-corrected chi connectivity index (χ1v) is 8.05. The van der Waals surface area contributed by atoms with Crippen LogP contribution in [0.5, 0.6) is 0 Å². The van der Waals surface area contributed by atoms with E-state index in [4.69, 9.17) is 10.00 Å². The number of rotatable bonds is 1. The van der Waals surface area contributed by atoms with Crippen molar-refractivity contribution in [1.82, 2.24) is 5.32 Å². The molecule has 0 unspecified atom stereocenters. The molecule has 1 N–H and O–H groups in total. The maximum absolute atomic E-state index is 11.7. The first-order valence-electron chi connectivity index (χ1n) is 6.22. The highest BCUT2D eigenvalue weighted by atomic mass is 32.2. The number of carbonyl (C=O) groups excluding carboxylic acids is 1. The lowest BCUT2D eigenvalue weighted by Gasteiger charge is -2.24. The Morgan fingerprint density at radius 1 is 1.32 bits per heavy atom. The third-order valence-electron chi connectivity index (χ3n) is 2.83. The summed E-state index contributed by atoms with van der Waals surface area (Å²) in [5.41, 5.74) is -0.622. The number of amides is 1. The quantitative estimate of drug-likeness (QED) is 0.782. The van der Waals surface area contributed by atoms with Gasteiger partial charge in [0.15, 0.2) is 0 Å². The Bertz CT molecular complexity index is 473. The monoisotopic (exact) mass is 288 g/mol. The van der Waals surface area contributed by atoms with Crippen molar-refractivity contribution in [3.63, 3.8) is 0 Å². The molecule has 1 amide bonds. The fraction of sp³-hybridized carbons (Fsp3) is 0.833. The number of ether oxygens (including phenoxy) is 1. The van der Waals surface area contributed by atoms with Crippen LogP contribution in [0.25, 0.3) is 0 Å². The van der Waals surface area contributed by atoms with Crippen LogP contribution in [0, 0.1) is 17.2 Å². The van der Waals surface area contributed by atoms with Gasteiger partial charge in [-0.25, -0.2) is 13.2 Å². The van der Waals surface area contributed by atoms with Crippen LogP contribution in [0.3, 0.4) is 0 Å². The minimum atomic E-state index is -3.11. The van der Waals surface area contributed by atoms with Crippen molar-refractivity contribution in [3.05, 3.63) is 0 Å². The van der Waals surface area contributed by atoms with Crippen LogP contribution < -0.4 is 5.32 Å². The lowest BCUT2D eigenvalue weighted by atomic mass is 9.97. The topological polar surface area (TPSA) is 96.3 Å². The molecule has 1 aliphatic heterocycles. The van der Waals surface area contributed by atoms with Crippen LogP contribution in [-0.2, 0) is 14.6 Å². The van der Waals surface area contributed by atoms with Gasteiger partial charge in [0.1, 0.15) is 15.4 Å². The van der Waals surface area contributed by atoms with Crippen molar-refractivity contribution in [2.75, 3.05) is 11.5 Å². The highest BCUT2D eigenvalue weighted by molar-refractivity contribution is 7.91.